The van der Waals surface area contributed by atoms with E-state index < -0.39 is 21.4 Å². The topological polar surface area (TPSA) is 77.4 Å². The van der Waals surface area contributed by atoms with Gasteiger partial charge in [0, 0.05) is 5.02 Å². The Labute approximate surface area is 113 Å². The van der Waals surface area contributed by atoms with Gasteiger partial charge in [-0.25, -0.2) is 12.8 Å². The quantitative estimate of drug-likeness (QED) is 0.495. The number of benzene rings is 1. The van der Waals surface area contributed by atoms with Crippen molar-refractivity contribution in [3.8, 4) is 0 Å². The smallest absolute Gasteiger partial charge is 0.746 e. The van der Waals surface area contributed by atoms with Crippen LogP contribution in [0.2, 0.25) is 5.02 Å². The normalized spacial score (nSPS) is 13.1. The molecule has 0 saturated carbocycles. The summed E-state index contributed by atoms with van der Waals surface area (Å²) in [5.74, 6) is -0.824. The van der Waals surface area contributed by atoms with Crippen molar-refractivity contribution >= 4 is 21.7 Å². The molecule has 0 fully saturated rings. The molecule has 1 aromatic carbocycles. The van der Waals surface area contributed by atoms with Crippen LogP contribution < -0.4 is 29.6 Å². The molecule has 4 nitrogen and oxygen atoms in total. The third kappa shape index (κ3) is 4.36. The zero-order valence-corrected chi connectivity index (χ0v) is 11.2. The molecule has 15 heavy (non-hydrogen) atoms. The summed E-state index contributed by atoms with van der Waals surface area (Å²) in [4.78, 5) is 0. The molecule has 1 rings (SSSR count). The van der Waals surface area contributed by atoms with Gasteiger partial charge < -0.3 is 9.66 Å². The number of rotatable bonds is 2. The molecule has 8 heteroatoms. The maximum atomic E-state index is 12.7. The molecule has 1 unspecified atom stereocenters. The van der Waals surface area contributed by atoms with Gasteiger partial charge in [0.05, 0.1) is 0 Å². The van der Waals surface area contributed by atoms with E-state index in [0.29, 0.717) is 0 Å². The van der Waals surface area contributed by atoms with E-state index in [-0.39, 0.29) is 40.1 Å². The zero-order valence-electron chi connectivity index (χ0n) is 7.65. The summed E-state index contributed by atoms with van der Waals surface area (Å²) in [6.07, 6.45) is 0. The van der Waals surface area contributed by atoms with E-state index in [4.69, 9.17) is 16.7 Å². The fourth-order valence-corrected chi connectivity index (χ4v) is 1.58. The van der Waals surface area contributed by atoms with Crippen LogP contribution >= 0.6 is 11.6 Å². The summed E-state index contributed by atoms with van der Waals surface area (Å²) in [7, 11) is -4.91. The van der Waals surface area contributed by atoms with Crippen LogP contribution in [0.15, 0.2) is 18.2 Å². The monoisotopic (exact) mass is 262 g/mol. The molecule has 0 bridgehead atoms. The van der Waals surface area contributed by atoms with Crippen LogP contribution in [0.4, 0.5) is 4.39 Å². The van der Waals surface area contributed by atoms with Crippen molar-refractivity contribution in [3.63, 3.8) is 0 Å². The van der Waals surface area contributed by atoms with Crippen LogP contribution in [0.25, 0.3) is 0 Å². The average molecular weight is 263 g/mol. The van der Waals surface area contributed by atoms with Crippen LogP contribution in [0.5, 0.6) is 0 Å². The largest absolute Gasteiger partial charge is 1.00 e. The van der Waals surface area contributed by atoms with E-state index in [0.717, 1.165) is 18.2 Å². The van der Waals surface area contributed by atoms with Gasteiger partial charge in [0.15, 0.2) is 5.44 Å². The first-order valence-electron chi connectivity index (χ1n) is 3.39. The minimum Gasteiger partial charge on any atom is -0.746 e. The molecule has 78 valence electrons. The molecule has 0 aliphatic rings. The molecule has 0 aliphatic heterocycles. The maximum Gasteiger partial charge on any atom is 1.00 e. The van der Waals surface area contributed by atoms with Crippen molar-refractivity contribution < 1.29 is 52.0 Å². The summed E-state index contributed by atoms with van der Waals surface area (Å²) in [5, 5.41) is 8.89. The SMILES string of the molecule is O=S(=O)([O-])C(O)c1cc(F)cc(Cl)c1.[Na+]. The second-order valence-electron chi connectivity index (χ2n) is 2.55. The summed E-state index contributed by atoms with van der Waals surface area (Å²) in [6.45, 7) is 0. The summed E-state index contributed by atoms with van der Waals surface area (Å²) >= 11 is 5.40. The first-order valence-corrected chi connectivity index (χ1v) is 5.24. The van der Waals surface area contributed by atoms with Gasteiger partial charge in [0.2, 0.25) is 0 Å². The number of aliphatic hydroxyl groups excluding tert-OH is 1. The summed E-state index contributed by atoms with van der Waals surface area (Å²) in [5.41, 5.74) is -2.68. The Balaban J connectivity index is 0.00000196. The van der Waals surface area contributed by atoms with Crippen LogP contribution in [0.3, 0.4) is 0 Å². The van der Waals surface area contributed by atoms with Crippen molar-refractivity contribution in [3.05, 3.63) is 34.6 Å². The Morgan fingerprint density at radius 1 is 1.40 bits per heavy atom. The minimum absolute atomic E-state index is 0. The number of aliphatic hydroxyl groups is 1. The second kappa shape index (κ2) is 5.58. The molecule has 1 atom stereocenters. The molecule has 0 saturated heterocycles. The Morgan fingerprint density at radius 3 is 2.33 bits per heavy atom. The molecule has 0 aromatic heterocycles. The summed E-state index contributed by atoms with van der Waals surface area (Å²) < 4.78 is 43.8. The number of hydrogen-bond acceptors (Lipinski definition) is 4. The van der Waals surface area contributed by atoms with Crippen LogP contribution in [-0.2, 0) is 10.1 Å². The van der Waals surface area contributed by atoms with Crippen molar-refractivity contribution in [1.29, 1.82) is 0 Å². The second-order valence-corrected chi connectivity index (χ2v) is 4.42. The van der Waals surface area contributed by atoms with Gasteiger partial charge in [-0.2, -0.15) is 0 Å². The molecule has 0 heterocycles. The molecule has 0 amide bonds. The van der Waals surface area contributed by atoms with Gasteiger partial charge in [0.1, 0.15) is 15.9 Å². The van der Waals surface area contributed by atoms with Crippen molar-refractivity contribution in [2.45, 2.75) is 5.44 Å². The van der Waals surface area contributed by atoms with Gasteiger partial charge in [-0.15, -0.1) is 0 Å². The molecule has 0 aliphatic carbocycles. The van der Waals surface area contributed by atoms with E-state index in [1.807, 2.05) is 0 Å². The first-order chi connectivity index (χ1) is 6.30. The van der Waals surface area contributed by atoms with Crippen LogP contribution in [0.1, 0.15) is 11.0 Å². The minimum atomic E-state index is -4.91. The average Bonchev–Trinajstić information content (AvgIpc) is 1.99. The van der Waals surface area contributed by atoms with E-state index in [1.165, 1.54) is 0 Å². The van der Waals surface area contributed by atoms with Crippen LogP contribution in [-0.4, -0.2) is 18.1 Å². The van der Waals surface area contributed by atoms with E-state index in [9.17, 15) is 17.4 Å². The fraction of sp³-hybridized carbons (Fsp3) is 0.143. The molecular formula is C7H5ClFNaO4S. The fourth-order valence-electron chi connectivity index (χ4n) is 0.884. The predicted molar refractivity (Wildman–Crippen MR) is 46.1 cm³/mol. The zero-order chi connectivity index (χ0) is 10.9. The third-order valence-corrected chi connectivity index (χ3v) is 2.48. The van der Waals surface area contributed by atoms with Crippen molar-refractivity contribution in [1.82, 2.24) is 0 Å². The first kappa shape index (κ1) is 15.3. The Morgan fingerprint density at radius 2 is 1.93 bits per heavy atom. The predicted octanol–water partition coefficient (Wildman–Crippen LogP) is -1.98. The standard InChI is InChI=1S/C7H6ClFO4S.Na/c8-5-1-4(2-6(9)3-5)7(10)14(11,12)13;/h1-3,7,10H,(H,11,12,13);/q;+1/p-1. The van der Waals surface area contributed by atoms with Gasteiger partial charge in [-0.05, 0) is 23.8 Å². The molecule has 0 radical (unpaired) electrons. The van der Waals surface area contributed by atoms with Gasteiger partial charge in [0.25, 0.3) is 0 Å². The van der Waals surface area contributed by atoms with Crippen molar-refractivity contribution in [2.75, 3.05) is 0 Å². The molecule has 1 aromatic rings. The third-order valence-electron chi connectivity index (χ3n) is 1.44. The Kier molecular flexibility index (Phi) is 5.70. The van der Waals surface area contributed by atoms with Crippen LogP contribution in [0, 0.1) is 5.82 Å². The van der Waals surface area contributed by atoms with E-state index in [1.54, 1.807) is 0 Å². The Hall–Kier alpha value is 0.310. The molecular weight excluding hydrogens is 258 g/mol. The summed E-state index contributed by atoms with van der Waals surface area (Å²) in [6, 6.07) is 2.66. The van der Waals surface area contributed by atoms with Crippen molar-refractivity contribution in [2.24, 2.45) is 0 Å². The molecule has 0 spiro atoms. The number of hydrogen-bond donors (Lipinski definition) is 1. The number of halogens is 2. The Bertz CT molecular complexity index is 430. The van der Waals surface area contributed by atoms with Gasteiger partial charge in [-0.3, -0.25) is 0 Å². The molecule has 1 N–H and O–H groups in total. The van der Waals surface area contributed by atoms with E-state index >= 15 is 0 Å². The maximum absolute atomic E-state index is 12.7. The van der Waals surface area contributed by atoms with Gasteiger partial charge in [-0.1, -0.05) is 11.6 Å². The van der Waals surface area contributed by atoms with Gasteiger partial charge >= 0.3 is 29.6 Å². The van der Waals surface area contributed by atoms with E-state index in [2.05, 4.69) is 0 Å².